The molecule has 0 radical (unpaired) electrons. The van der Waals surface area contributed by atoms with Crippen molar-refractivity contribution < 1.29 is 8.94 Å². The minimum absolute atomic E-state index is 0.670. The molecule has 0 bridgehead atoms. The number of aryl methyl sites for hydroxylation is 2. The van der Waals surface area contributed by atoms with Gasteiger partial charge in [-0.25, -0.2) is 0 Å². The molecule has 0 spiro atoms. The van der Waals surface area contributed by atoms with E-state index in [0.29, 0.717) is 13.1 Å². The predicted octanol–water partition coefficient (Wildman–Crippen LogP) is 2.43. The Balaban J connectivity index is 1.79. The molecule has 86 valence electrons. The highest BCUT2D eigenvalue weighted by atomic mass is 16.5. The molecule has 4 heteroatoms. The molecule has 0 aliphatic rings. The second kappa shape index (κ2) is 4.99. The summed E-state index contributed by atoms with van der Waals surface area (Å²) in [4.78, 5) is 0. The normalized spacial score (nSPS) is 10.9. The van der Waals surface area contributed by atoms with E-state index in [1.165, 1.54) is 0 Å². The summed E-state index contributed by atoms with van der Waals surface area (Å²) in [6.45, 7) is 5.36. The lowest BCUT2D eigenvalue weighted by Gasteiger charge is -1.98. The first-order chi connectivity index (χ1) is 7.78. The Morgan fingerprint density at radius 2 is 1.94 bits per heavy atom. The first-order valence-corrected chi connectivity index (χ1v) is 5.48. The molecular weight excluding hydrogens is 204 g/mol. The Bertz CT molecular complexity index is 445. The summed E-state index contributed by atoms with van der Waals surface area (Å²) in [7, 11) is 0. The molecule has 0 saturated heterocycles. The lowest BCUT2D eigenvalue weighted by atomic mass is 10.3. The highest BCUT2D eigenvalue weighted by Crippen LogP contribution is 2.08. The second-order valence-corrected chi connectivity index (χ2v) is 3.76. The summed E-state index contributed by atoms with van der Waals surface area (Å²) < 4.78 is 10.7. The average molecular weight is 220 g/mol. The molecule has 2 aromatic heterocycles. The van der Waals surface area contributed by atoms with Crippen LogP contribution in [0.15, 0.2) is 27.1 Å². The van der Waals surface area contributed by atoms with E-state index in [1.807, 2.05) is 25.1 Å². The third kappa shape index (κ3) is 2.73. The van der Waals surface area contributed by atoms with E-state index < -0.39 is 0 Å². The molecular formula is C12H16N2O2. The van der Waals surface area contributed by atoms with E-state index in [-0.39, 0.29) is 0 Å². The molecule has 0 atom stereocenters. The molecule has 0 saturated carbocycles. The van der Waals surface area contributed by atoms with Gasteiger partial charge in [-0.2, -0.15) is 0 Å². The van der Waals surface area contributed by atoms with Gasteiger partial charge in [-0.1, -0.05) is 12.1 Å². The summed E-state index contributed by atoms with van der Waals surface area (Å²) >= 11 is 0. The number of nitrogens with zero attached hydrogens (tertiary/aromatic N) is 1. The van der Waals surface area contributed by atoms with Crippen molar-refractivity contribution in [2.45, 2.75) is 33.4 Å². The van der Waals surface area contributed by atoms with E-state index in [2.05, 4.69) is 17.4 Å². The van der Waals surface area contributed by atoms with Crippen LogP contribution >= 0.6 is 0 Å². The van der Waals surface area contributed by atoms with Gasteiger partial charge < -0.3 is 14.3 Å². The van der Waals surface area contributed by atoms with Gasteiger partial charge in [-0.05, 0) is 19.1 Å². The largest absolute Gasteiger partial charge is 0.465 e. The maximum absolute atomic E-state index is 5.57. The van der Waals surface area contributed by atoms with Crippen molar-refractivity contribution in [3.8, 4) is 0 Å². The first-order valence-electron chi connectivity index (χ1n) is 5.48. The molecule has 0 unspecified atom stereocenters. The lowest BCUT2D eigenvalue weighted by Crippen LogP contribution is -2.11. The van der Waals surface area contributed by atoms with Crippen LogP contribution in [-0.2, 0) is 19.5 Å². The van der Waals surface area contributed by atoms with Gasteiger partial charge in [-0.3, -0.25) is 0 Å². The molecule has 0 aliphatic heterocycles. The fraction of sp³-hybridized carbons (Fsp3) is 0.417. The first kappa shape index (κ1) is 11.0. The SMILES string of the molecule is CCc1ccc(CNCc2cc(C)no2)o1. The van der Waals surface area contributed by atoms with Gasteiger partial charge in [0.05, 0.1) is 18.8 Å². The Morgan fingerprint density at radius 3 is 2.56 bits per heavy atom. The maximum atomic E-state index is 5.57. The quantitative estimate of drug-likeness (QED) is 0.840. The number of rotatable bonds is 5. The number of furan rings is 1. The van der Waals surface area contributed by atoms with Crippen molar-refractivity contribution in [2.24, 2.45) is 0 Å². The molecule has 16 heavy (non-hydrogen) atoms. The van der Waals surface area contributed by atoms with Crippen LogP contribution < -0.4 is 5.32 Å². The monoisotopic (exact) mass is 220 g/mol. The Labute approximate surface area is 94.6 Å². The zero-order valence-corrected chi connectivity index (χ0v) is 9.62. The number of hydrogen-bond acceptors (Lipinski definition) is 4. The van der Waals surface area contributed by atoms with Crippen LogP contribution in [0.4, 0.5) is 0 Å². The summed E-state index contributed by atoms with van der Waals surface area (Å²) in [6.07, 6.45) is 0.932. The van der Waals surface area contributed by atoms with Gasteiger partial charge >= 0.3 is 0 Å². The van der Waals surface area contributed by atoms with Crippen LogP contribution in [0.25, 0.3) is 0 Å². The van der Waals surface area contributed by atoms with Crippen LogP contribution in [0.2, 0.25) is 0 Å². The Kier molecular flexibility index (Phi) is 3.41. The molecule has 0 aromatic carbocycles. The van der Waals surface area contributed by atoms with Crippen molar-refractivity contribution in [1.82, 2.24) is 10.5 Å². The Hall–Kier alpha value is -1.55. The minimum atomic E-state index is 0.670. The summed E-state index contributed by atoms with van der Waals surface area (Å²) in [5.41, 5.74) is 0.906. The predicted molar refractivity (Wildman–Crippen MR) is 59.9 cm³/mol. The fourth-order valence-corrected chi connectivity index (χ4v) is 1.52. The van der Waals surface area contributed by atoms with Gasteiger partial charge in [0.25, 0.3) is 0 Å². The molecule has 2 heterocycles. The molecule has 1 N–H and O–H groups in total. The van der Waals surface area contributed by atoms with E-state index in [9.17, 15) is 0 Å². The molecule has 0 aliphatic carbocycles. The molecule has 0 fully saturated rings. The van der Waals surface area contributed by atoms with Crippen LogP contribution in [0.3, 0.4) is 0 Å². The van der Waals surface area contributed by atoms with Crippen LogP contribution in [0, 0.1) is 6.92 Å². The van der Waals surface area contributed by atoms with Crippen LogP contribution in [0.5, 0.6) is 0 Å². The van der Waals surface area contributed by atoms with E-state index >= 15 is 0 Å². The minimum Gasteiger partial charge on any atom is -0.465 e. The van der Waals surface area contributed by atoms with Gasteiger partial charge in [0.1, 0.15) is 11.5 Å². The third-order valence-electron chi connectivity index (χ3n) is 2.34. The van der Waals surface area contributed by atoms with Crippen molar-refractivity contribution in [1.29, 1.82) is 0 Å². The smallest absolute Gasteiger partial charge is 0.150 e. The highest BCUT2D eigenvalue weighted by Gasteiger charge is 2.02. The standard InChI is InChI=1S/C12H16N2O2/c1-3-10-4-5-11(15-10)7-13-8-12-6-9(2)14-16-12/h4-6,13H,3,7-8H2,1-2H3. The summed E-state index contributed by atoms with van der Waals surface area (Å²) in [6, 6.07) is 5.93. The van der Waals surface area contributed by atoms with Crippen LogP contribution in [0.1, 0.15) is 29.9 Å². The number of nitrogens with one attached hydrogen (secondary N) is 1. The third-order valence-corrected chi connectivity index (χ3v) is 2.34. The number of aromatic nitrogens is 1. The van der Waals surface area contributed by atoms with Crippen molar-refractivity contribution in [3.63, 3.8) is 0 Å². The molecule has 0 amide bonds. The van der Waals surface area contributed by atoms with Gasteiger partial charge in [-0.15, -0.1) is 0 Å². The molecule has 2 rings (SSSR count). The maximum Gasteiger partial charge on any atom is 0.150 e. The van der Waals surface area contributed by atoms with Gasteiger partial charge in [0.2, 0.25) is 0 Å². The fourth-order valence-electron chi connectivity index (χ4n) is 1.52. The summed E-state index contributed by atoms with van der Waals surface area (Å²) in [5, 5.41) is 7.06. The average Bonchev–Trinajstić information content (AvgIpc) is 2.88. The van der Waals surface area contributed by atoms with Crippen molar-refractivity contribution in [2.75, 3.05) is 0 Å². The zero-order chi connectivity index (χ0) is 11.4. The van der Waals surface area contributed by atoms with Gasteiger partial charge in [0.15, 0.2) is 5.76 Å². The second-order valence-electron chi connectivity index (χ2n) is 3.76. The topological polar surface area (TPSA) is 51.2 Å². The molecule has 4 nitrogen and oxygen atoms in total. The van der Waals surface area contributed by atoms with E-state index in [4.69, 9.17) is 8.94 Å². The summed E-state index contributed by atoms with van der Waals surface area (Å²) in [5.74, 6) is 2.82. The van der Waals surface area contributed by atoms with Crippen LogP contribution in [-0.4, -0.2) is 5.16 Å². The van der Waals surface area contributed by atoms with E-state index in [0.717, 1.165) is 29.4 Å². The highest BCUT2D eigenvalue weighted by molar-refractivity contribution is 5.07. The van der Waals surface area contributed by atoms with Crippen molar-refractivity contribution in [3.05, 3.63) is 41.2 Å². The molecule has 2 aromatic rings. The van der Waals surface area contributed by atoms with E-state index in [1.54, 1.807) is 0 Å². The zero-order valence-electron chi connectivity index (χ0n) is 9.62. The van der Waals surface area contributed by atoms with Crippen molar-refractivity contribution >= 4 is 0 Å². The Morgan fingerprint density at radius 1 is 1.19 bits per heavy atom. The lowest BCUT2D eigenvalue weighted by molar-refractivity contribution is 0.364. The van der Waals surface area contributed by atoms with Gasteiger partial charge in [0, 0.05) is 12.5 Å². The number of hydrogen-bond donors (Lipinski definition) is 1.